The Morgan fingerprint density at radius 1 is 0.308 bits per heavy atom. The van der Waals surface area contributed by atoms with E-state index in [0.29, 0.717) is 0 Å². The van der Waals surface area contributed by atoms with Crippen molar-refractivity contribution in [3.05, 3.63) is 84.9 Å². The number of benzene rings is 5. The largest absolute Gasteiger partial charge is 0.0616 e. The summed E-state index contributed by atoms with van der Waals surface area (Å²) in [7, 11) is 0. The summed E-state index contributed by atoms with van der Waals surface area (Å²) >= 11 is 0. The van der Waals surface area contributed by atoms with Crippen molar-refractivity contribution in [1.82, 2.24) is 0 Å². The smallest absolute Gasteiger partial charge is 0.000784 e. The Morgan fingerprint density at radius 3 is 1.92 bits per heavy atom. The van der Waals surface area contributed by atoms with Crippen LogP contribution in [0.15, 0.2) is 84.9 Å². The molecule has 0 aliphatic rings. The number of fused-ring (bicyclic) bond motifs is 8. The predicted molar refractivity (Wildman–Crippen MR) is 114 cm³/mol. The Morgan fingerprint density at radius 2 is 1.00 bits per heavy atom. The van der Waals surface area contributed by atoms with E-state index in [2.05, 4.69) is 84.9 Å². The molecule has 0 heterocycles. The zero-order valence-electron chi connectivity index (χ0n) is 14.1. The molecule has 0 aromatic heterocycles. The van der Waals surface area contributed by atoms with Crippen molar-refractivity contribution in [2.45, 2.75) is 0 Å². The van der Waals surface area contributed by atoms with Crippen LogP contribution in [0.25, 0.3) is 64.6 Å². The normalized spacial score (nSPS) is 12.6. The van der Waals surface area contributed by atoms with Crippen LogP contribution in [0.4, 0.5) is 0 Å². The first kappa shape index (κ1) is 12.9. The van der Waals surface area contributed by atoms with Gasteiger partial charge in [0.05, 0.1) is 0 Å². The Labute approximate surface area is 149 Å². The Kier molecular flexibility index (Phi) is 2.10. The van der Waals surface area contributed by atoms with E-state index < -0.39 is 0 Å². The summed E-state index contributed by atoms with van der Waals surface area (Å²) in [6, 6.07) is 31.4. The van der Waals surface area contributed by atoms with Crippen molar-refractivity contribution in [3.63, 3.8) is 0 Å². The van der Waals surface area contributed by atoms with Gasteiger partial charge in [-0.2, -0.15) is 0 Å². The lowest BCUT2D eigenvalue weighted by Crippen LogP contribution is -1.81. The molecular formula is C26H14. The average molecular weight is 326 g/mol. The van der Waals surface area contributed by atoms with Crippen LogP contribution in [0.5, 0.6) is 0 Å². The van der Waals surface area contributed by atoms with Crippen molar-refractivity contribution in [2.24, 2.45) is 0 Å². The molecule has 118 valence electrons. The third-order valence-corrected chi connectivity index (χ3v) is 6.12. The van der Waals surface area contributed by atoms with Crippen LogP contribution in [0, 0.1) is 0 Å². The van der Waals surface area contributed by atoms with Crippen molar-refractivity contribution >= 4 is 64.6 Å². The van der Waals surface area contributed by atoms with Gasteiger partial charge in [-0.3, -0.25) is 0 Å². The van der Waals surface area contributed by atoms with Gasteiger partial charge in [-0.05, 0) is 70.7 Å². The lowest BCUT2D eigenvalue weighted by atomic mass is 9.93. The van der Waals surface area contributed by atoms with Crippen molar-refractivity contribution in [2.75, 3.05) is 0 Å². The molecule has 0 N–H and O–H groups in total. The Bertz CT molecular complexity index is 1620. The minimum absolute atomic E-state index is 1.33. The van der Waals surface area contributed by atoms with E-state index in [1.807, 2.05) is 0 Å². The highest BCUT2D eigenvalue weighted by Crippen LogP contribution is 2.48. The van der Waals surface area contributed by atoms with E-state index in [1.54, 1.807) is 0 Å². The maximum absolute atomic E-state index is 2.39. The maximum Gasteiger partial charge on any atom is -0.000784 e. The first-order valence-electron chi connectivity index (χ1n) is 9.14. The highest BCUT2D eigenvalue weighted by Gasteiger charge is 2.20. The molecule has 0 nitrogen and oxygen atoms in total. The fraction of sp³-hybridized carbons (Fsp3) is 0. The lowest BCUT2D eigenvalue weighted by Gasteiger charge is -2.09. The van der Waals surface area contributed by atoms with Crippen LogP contribution >= 0.6 is 0 Å². The second kappa shape index (κ2) is 4.23. The standard InChI is InChI=1S/C26H14/c1-2-8-17-16(6-1)14-22-24(17)21-11-5-7-15-12-13-20-18-9-3-4-10-19(18)25(22)26(20)23(15)21/h1-14H. The molecule has 0 radical (unpaired) electrons. The zero-order valence-corrected chi connectivity index (χ0v) is 14.1. The SMILES string of the molecule is c1ccc2c(c1)cc1c2c2cccc3ccc4c5ccccc5c1c4c32. The molecule has 0 saturated heterocycles. The summed E-state index contributed by atoms with van der Waals surface area (Å²) < 4.78 is 0. The molecule has 26 heavy (non-hydrogen) atoms. The Balaban J connectivity index is 2.01. The molecule has 0 heteroatoms. The van der Waals surface area contributed by atoms with E-state index in [4.69, 9.17) is 0 Å². The summed E-state index contributed by atoms with van der Waals surface area (Å²) in [4.78, 5) is 0. The van der Waals surface area contributed by atoms with Crippen molar-refractivity contribution in [3.8, 4) is 0 Å². The van der Waals surface area contributed by atoms with Gasteiger partial charge in [0.25, 0.3) is 0 Å². The van der Waals surface area contributed by atoms with E-state index in [9.17, 15) is 0 Å². The fourth-order valence-corrected chi connectivity index (χ4v) is 5.13. The minimum atomic E-state index is 1.33. The molecule has 7 aromatic carbocycles. The van der Waals surface area contributed by atoms with Crippen LogP contribution < -0.4 is 0 Å². The van der Waals surface area contributed by atoms with Gasteiger partial charge in [0.1, 0.15) is 0 Å². The highest BCUT2D eigenvalue weighted by atomic mass is 14.2. The molecule has 0 saturated carbocycles. The summed E-state index contributed by atoms with van der Waals surface area (Å²) in [6.07, 6.45) is 0. The van der Waals surface area contributed by atoms with Crippen LogP contribution in [0.2, 0.25) is 0 Å². The topological polar surface area (TPSA) is 0 Å². The number of hydrogen-bond acceptors (Lipinski definition) is 0. The molecule has 0 atom stereocenters. The van der Waals surface area contributed by atoms with Gasteiger partial charge in [0.2, 0.25) is 0 Å². The first-order valence-corrected chi connectivity index (χ1v) is 9.14. The van der Waals surface area contributed by atoms with Crippen LogP contribution in [-0.4, -0.2) is 0 Å². The van der Waals surface area contributed by atoms with Gasteiger partial charge in [-0.1, -0.05) is 78.9 Å². The minimum Gasteiger partial charge on any atom is -0.0616 e. The van der Waals surface area contributed by atoms with Gasteiger partial charge in [0.15, 0.2) is 0 Å². The quantitative estimate of drug-likeness (QED) is 0.271. The molecule has 0 unspecified atom stereocenters. The maximum atomic E-state index is 2.39. The van der Waals surface area contributed by atoms with Gasteiger partial charge >= 0.3 is 0 Å². The predicted octanol–water partition coefficient (Wildman–Crippen LogP) is 7.48. The van der Waals surface area contributed by atoms with Gasteiger partial charge in [0, 0.05) is 0 Å². The second-order valence-corrected chi connectivity index (χ2v) is 7.33. The van der Waals surface area contributed by atoms with Gasteiger partial charge < -0.3 is 0 Å². The fourth-order valence-electron chi connectivity index (χ4n) is 5.13. The number of rotatable bonds is 0. The van der Waals surface area contributed by atoms with Crippen LogP contribution in [0.3, 0.4) is 0 Å². The Hall–Kier alpha value is -3.38. The molecule has 0 aliphatic carbocycles. The number of hydrogen-bond donors (Lipinski definition) is 0. The molecule has 0 aliphatic heterocycles. The monoisotopic (exact) mass is 326 g/mol. The third-order valence-electron chi connectivity index (χ3n) is 6.12. The average Bonchev–Trinajstić information content (AvgIpc) is 3.24. The molecule has 7 rings (SSSR count). The van der Waals surface area contributed by atoms with Gasteiger partial charge in [-0.15, -0.1) is 0 Å². The van der Waals surface area contributed by atoms with Crippen molar-refractivity contribution in [1.29, 1.82) is 0 Å². The highest BCUT2D eigenvalue weighted by molar-refractivity contribution is 6.46. The molecular weight excluding hydrogens is 312 g/mol. The van der Waals surface area contributed by atoms with E-state index >= 15 is 0 Å². The molecule has 0 amide bonds. The molecule has 7 aromatic rings. The summed E-state index contributed by atoms with van der Waals surface area (Å²) in [5, 5.41) is 16.6. The molecule has 0 fully saturated rings. The summed E-state index contributed by atoms with van der Waals surface area (Å²) in [5.74, 6) is 0. The van der Waals surface area contributed by atoms with Gasteiger partial charge in [-0.25, -0.2) is 0 Å². The lowest BCUT2D eigenvalue weighted by molar-refractivity contribution is 1.84. The van der Waals surface area contributed by atoms with E-state index in [1.165, 1.54) is 64.6 Å². The van der Waals surface area contributed by atoms with E-state index in [0.717, 1.165) is 0 Å². The van der Waals surface area contributed by atoms with Crippen molar-refractivity contribution < 1.29 is 0 Å². The molecule has 0 bridgehead atoms. The summed E-state index contributed by atoms with van der Waals surface area (Å²) in [6.45, 7) is 0. The van der Waals surface area contributed by atoms with Crippen LogP contribution in [0.1, 0.15) is 0 Å². The van der Waals surface area contributed by atoms with E-state index in [-0.39, 0.29) is 0 Å². The molecule has 0 spiro atoms. The first-order chi connectivity index (χ1) is 12.9. The van der Waals surface area contributed by atoms with Crippen LogP contribution in [-0.2, 0) is 0 Å². The zero-order chi connectivity index (χ0) is 16.8. The second-order valence-electron chi connectivity index (χ2n) is 7.33. The third kappa shape index (κ3) is 1.32. The summed E-state index contributed by atoms with van der Waals surface area (Å²) in [5.41, 5.74) is 0.